The topological polar surface area (TPSA) is 55.0 Å². The summed E-state index contributed by atoms with van der Waals surface area (Å²) < 4.78 is 4.89. The fraction of sp³-hybridized carbons (Fsp3) is 0.500. The normalized spacial score (nSPS) is 15.2. The van der Waals surface area contributed by atoms with Crippen LogP contribution in [0.15, 0.2) is 4.79 Å². The molecule has 1 aromatic rings. The fourth-order valence-corrected chi connectivity index (χ4v) is 2.30. The lowest BCUT2D eigenvalue weighted by atomic mass is 10.2. The molecule has 5 heteroatoms. The van der Waals surface area contributed by atoms with Gasteiger partial charge in [0.1, 0.15) is 0 Å². The first-order valence-electron chi connectivity index (χ1n) is 4.05. The summed E-state index contributed by atoms with van der Waals surface area (Å²) in [6.45, 7) is 0. The maximum absolute atomic E-state index is 11.5. The number of ether oxygens (including phenoxy) is 1. The van der Waals surface area contributed by atoms with Gasteiger partial charge in [-0.1, -0.05) is 0 Å². The summed E-state index contributed by atoms with van der Waals surface area (Å²) in [5.74, 6) is 1.80. The molecule has 0 fully saturated rings. The van der Waals surface area contributed by atoms with Crippen LogP contribution in [0.1, 0.15) is 11.3 Å². The minimum atomic E-state index is -0.0611. The first-order valence-corrected chi connectivity index (χ1v) is 5.20. The number of thioether (sulfide) groups is 1. The van der Waals surface area contributed by atoms with Crippen LogP contribution in [0.5, 0.6) is 6.01 Å². The average molecular weight is 198 g/mol. The van der Waals surface area contributed by atoms with Crippen LogP contribution in [-0.4, -0.2) is 22.8 Å². The van der Waals surface area contributed by atoms with Crippen molar-refractivity contribution in [3.63, 3.8) is 0 Å². The van der Waals surface area contributed by atoms with Crippen molar-refractivity contribution in [1.82, 2.24) is 9.97 Å². The molecule has 13 heavy (non-hydrogen) atoms. The zero-order chi connectivity index (χ0) is 9.26. The molecule has 0 aromatic carbocycles. The zero-order valence-corrected chi connectivity index (χ0v) is 8.11. The molecule has 0 radical (unpaired) electrons. The number of fused-ring (bicyclic) bond motifs is 1. The first-order chi connectivity index (χ1) is 6.31. The molecule has 1 aliphatic heterocycles. The van der Waals surface area contributed by atoms with Gasteiger partial charge in [0.15, 0.2) is 0 Å². The van der Waals surface area contributed by atoms with Crippen molar-refractivity contribution in [3.05, 3.63) is 21.6 Å². The summed E-state index contributed by atoms with van der Waals surface area (Å²) in [6, 6.07) is 0.315. The number of nitrogens with zero attached hydrogens (tertiary/aromatic N) is 1. The van der Waals surface area contributed by atoms with Crippen LogP contribution in [0.25, 0.3) is 0 Å². The smallest absolute Gasteiger partial charge is 0.296 e. The van der Waals surface area contributed by atoms with Gasteiger partial charge in [-0.25, -0.2) is 4.98 Å². The third kappa shape index (κ3) is 1.56. The van der Waals surface area contributed by atoms with E-state index in [4.69, 9.17) is 4.74 Å². The number of rotatable bonds is 1. The molecule has 0 aliphatic carbocycles. The molecule has 70 valence electrons. The predicted octanol–water partition coefficient (Wildman–Crippen LogP) is 0.568. The molecule has 0 unspecified atom stereocenters. The van der Waals surface area contributed by atoms with Crippen LogP contribution >= 0.6 is 11.8 Å². The lowest BCUT2D eigenvalue weighted by Gasteiger charge is -2.13. The lowest BCUT2D eigenvalue weighted by molar-refractivity contribution is 0.376. The van der Waals surface area contributed by atoms with Gasteiger partial charge in [0.25, 0.3) is 11.6 Å². The maximum Gasteiger partial charge on any atom is 0.296 e. The van der Waals surface area contributed by atoms with Gasteiger partial charge in [-0.05, 0) is 12.2 Å². The molecule has 2 rings (SSSR count). The van der Waals surface area contributed by atoms with Gasteiger partial charge in [-0.15, -0.1) is 0 Å². The quantitative estimate of drug-likeness (QED) is 0.716. The second-order valence-corrected chi connectivity index (χ2v) is 3.91. The number of nitrogens with one attached hydrogen (secondary N) is 1. The van der Waals surface area contributed by atoms with E-state index in [1.54, 1.807) is 11.8 Å². The Balaban J connectivity index is 2.53. The fourth-order valence-electron chi connectivity index (χ4n) is 1.32. The Morgan fingerprint density at radius 1 is 1.62 bits per heavy atom. The van der Waals surface area contributed by atoms with Crippen molar-refractivity contribution in [2.75, 3.05) is 12.9 Å². The van der Waals surface area contributed by atoms with E-state index < -0.39 is 0 Å². The predicted molar refractivity (Wildman–Crippen MR) is 51.3 cm³/mol. The van der Waals surface area contributed by atoms with E-state index in [0.29, 0.717) is 6.01 Å². The largest absolute Gasteiger partial charge is 0.468 e. The molecule has 1 N–H and O–H groups in total. The number of aromatic amines is 1. The number of aromatic nitrogens is 2. The minimum absolute atomic E-state index is 0.0611. The van der Waals surface area contributed by atoms with Crippen LogP contribution < -0.4 is 10.3 Å². The Morgan fingerprint density at radius 2 is 2.46 bits per heavy atom. The van der Waals surface area contributed by atoms with E-state index in [1.165, 1.54) is 7.11 Å². The number of hydrogen-bond acceptors (Lipinski definition) is 4. The van der Waals surface area contributed by atoms with Crippen molar-refractivity contribution >= 4 is 11.8 Å². The van der Waals surface area contributed by atoms with Gasteiger partial charge in [0.05, 0.1) is 12.8 Å². The van der Waals surface area contributed by atoms with Gasteiger partial charge in [0.2, 0.25) is 0 Å². The Kier molecular flexibility index (Phi) is 2.26. The van der Waals surface area contributed by atoms with E-state index in [0.717, 1.165) is 29.2 Å². The number of methoxy groups -OCH3 is 1. The zero-order valence-electron chi connectivity index (χ0n) is 7.29. The summed E-state index contributed by atoms with van der Waals surface area (Å²) in [5.41, 5.74) is 1.63. The van der Waals surface area contributed by atoms with E-state index in [1.807, 2.05) is 0 Å². The SMILES string of the molecule is COc1nc2c(c(=O)[nH]1)CSCC2. The van der Waals surface area contributed by atoms with Gasteiger partial charge >= 0.3 is 0 Å². The highest BCUT2D eigenvalue weighted by molar-refractivity contribution is 7.98. The van der Waals surface area contributed by atoms with E-state index in [-0.39, 0.29) is 5.56 Å². The van der Waals surface area contributed by atoms with Gasteiger partial charge in [-0.2, -0.15) is 11.8 Å². The summed E-state index contributed by atoms with van der Waals surface area (Å²) in [5, 5.41) is 0. The second kappa shape index (κ2) is 3.41. The van der Waals surface area contributed by atoms with E-state index >= 15 is 0 Å². The molecule has 0 spiro atoms. The summed E-state index contributed by atoms with van der Waals surface area (Å²) in [7, 11) is 1.50. The Labute approximate surface area is 79.7 Å². The first kappa shape index (κ1) is 8.62. The van der Waals surface area contributed by atoms with Crippen molar-refractivity contribution in [1.29, 1.82) is 0 Å². The highest BCUT2D eigenvalue weighted by Gasteiger charge is 2.15. The van der Waals surface area contributed by atoms with Crippen molar-refractivity contribution in [2.45, 2.75) is 12.2 Å². The van der Waals surface area contributed by atoms with Gasteiger partial charge < -0.3 is 4.74 Å². The van der Waals surface area contributed by atoms with Crippen LogP contribution in [0.4, 0.5) is 0 Å². The van der Waals surface area contributed by atoms with Crippen LogP contribution in [0.2, 0.25) is 0 Å². The minimum Gasteiger partial charge on any atom is -0.468 e. The Morgan fingerprint density at radius 3 is 3.23 bits per heavy atom. The molecule has 1 aromatic heterocycles. The van der Waals surface area contributed by atoms with Crippen LogP contribution in [0, 0.1) is 0 Å². The molecule has 0 bridgehead atoms. The molecule has 0 saturated heterocycles. The van der Waals surface area contributed by atoms with Crippen LogP contribution in [0.3, 0.4) is 0 Å². The van der Waals surface area contributed by atoms with Crippen LogP contribution in [-0.2, 0) is 12.2 Å². The summed E-state index contributed by atoms with van der Waals surface area (Å²) in [4.78, 5) is 18.2. The number of aryl methyl sites for hydroxylation is 1. The van der Waals surface area contributed by atoms with E-state index in [2.05, 4.69) is 9.97 Å². The maximum atomic E-state index is 11.5. The Hall–Kier alpha value is -0.970. The second-order valence-electron chi connectivity index (χ2n) is 2.80. The monoisotopic (exact) mass is 198 g/mol. The number of hydrogen-bond donors (Lipinski definition) is 1. The molecule has 0 saturated carbocycles. The molecule has 2 heterocycles. The molecule has 4 nitrogen and oxygen atoms in total. The summed E-state index contributed by atoms with van der Waals surface area (Å²) >= 11 is 1.76. The summed E-state index contributed by atoms with van der Waals surface area (Å²) in [6.07, 6.45) is 0.861. The molecular weight excluding hydrogens is 188 g/mol. The van der Waals surface area contributed by atoms with Crippen molar-refractivity contribution in [3.8, 4) is 6.01 Å². The Bertz CT molecular complexity index is 375. The molecule has 0 atom stereocenters. The average Bonchev–Trinajstić information content (AvgIpc) is 2.18. The highest BCUT2D eigenvalue weighted by atomic mass is 32.2. The van der Waals surface area contributed by atoms with Crippen molar-refractivity contribution in [2.24, 2.45) is 0 Å². The van der Waals surface area contributed by atoms with Crippen molar-refractivity contribution < 1.29 is 4.74 Å². The van der Waals surface area contributed by atoms with Gasteiger partial charge in [-0.3, -0.25) is 9.78 Å². The lowest BCUT2D eigenvalue weighted by Crippen LogP contribution is -2.20. The molecule has 1 aliphatic rings. The van der Waals surface area contributed by atoms with E-state index in [9.17, 15) is 4.79 Å². The standard InChI is InChI=1S/C8H10N2O2S/c1-12-8-9-6-2-3-13-4-5(6)7(11)10-8/h2-4H2,1H3,(H,9,10,11). The number of H-pyrrole nitrogens is 1. The third-order valence-electron chi connectivity index (χ3n) is 2.00. The molecular formula is C8H10N2O2S. The third-order valence-corrected chi connectivity index (χ3v) is 2.99. The molecule has 0 amide bonds. The highest BCUT2D eigenvalue weighted by Crippen LogP contribution is 2.20. The van der Waals surface area contributed by atoms with Gasteiger partial charge in [0, 0.05) is 11.3 Å².